The summed E-state index contributed by atoms with van der Waals surface area (Å²) in [4.78, 5) is 49.6. The molecule has 1 aromatic heterocycles. The third kappa shape index (κ3) is 2.44. The molecule has 2 fully saturated rings. The molecule has 1 saturated carbocycles. The lowest BCUT2D eigenvalue weighted by Gasteiger charge is -2.49. The molecule has 2 amide bonds. The summed E-state index contributed by atoms with van der Waals surface area (Å²) in [6, 6.07) is 9.83. The summed E-state index contributed by atoms with van der Waals surface area (Å²) in [7, 11) is 2.69. The van der Waals surface area contributed by atoms with Crippen molar-refractivity contribution in [3.8, 4) is 5.75 Å². The molecular weight excluding hydrogens is 495 g/mol. The van der Waals surface area contributed by atoms with Crippen molar-refractivity contribution in [2.45, 2.75) is 34.7 Å². The molecule has 6 rings (SSSR count). The summed E-state index contributed by atoms with van der Waals surface area (Å²) in [6.07, 6.45) is 1.56. The lowest BCUT2D eigenvalue weighted by molar-refractivity contribution is -0.137. The molecule has 2 aliphatic heterocycles. The summed E-state index contributed by atoms with van der Waals surface area (Å²) >= 11 is 14.1. The van der Waals surface area contributed by atoms with Gasteiger partial charge < -0.3 is 5.11 Å². The Labute approximate surface area is 208 Å². The van der Waals surface area contributed by atoms with Gasteiger partial charge in [0.15, 0.2) is 9.75 Å². The van der Waals surface area contributed by atoms with E-state index >= 15 is 0 Å². The first-order valence-corrected chi connectivity index (χ1v) is 11.8. The number of halogens is 2. The average Bonchev–Trinajstić information content (AvgIpc) is 3.15. The third-order valence-electron chi connectivity index (χ3n) is 7.72. The normalized spacial score (nSPS) is 29.7. The molecule has 0 radical (unpaired) electrons. The number of fused-ring (bicyclic) bond motifs is 5. The number of carbonyl (C=O) groups excluding carboxylic acids is 2. The van der Waals surface area contributed by atoms with Crippen LogP contribution in [-0.4, -0.2) is 52.5 Å². The smallest absolute Gasteiger partial charge is 0.347 e. The van der Waals surface area contributed by atoms with Crippen LogP contribution in [0.25, 0.3) is 10.8 Å². The number of alkyl halides is 2. The van der Waals surface area contributed by atoms with Crippen LogP contribution in [0.5, 0.6) is 5.75 Å². The predicted octanol–water partition coefficient (Wildman–Crippen LogP) is 1.83. The van der Waals surface area contributed by atoms with Crippen LogP contribution in [-0.2, 0) is 23.2 Å². The van der Waals surface area contributed by atoms with Crippen molar-refractivity contribution in [2.24, 2.45) is 7.05 Å². The van der Waals surface area contributed by atoms with E-state index < -0.39 is 44.9 Å². The van der Waals surface area contributed by atoms with Gasteiger partial charge in [0.05, 0.1) is 12.6 Å². The number of likely N-dealkylation sites (tertiary alicyclic amines) is 1. The first kappa shape index (κ1) is 22.2. The fraction of sp³-hybridized carbons (Fsp3) is 0.333. The molecule has 2 aromatic carbocycles. The summed E-state index contributed by atoms with van der Waals surface area (Å²) in [5, 5.41) is 12.7. The molecular formula is C24H20Cl2N4O5. The average molecular weight is 515 g/mol. The molecule has 1 saturated heterocycles. The Morgan fingerprint density at radius 1 is 0.971 bits per heavy atom. The second-order valence-electron chi connectivity index (χ2n) is 9.31. The van der Waals surface area contributed by atoms with E-state index in [-0.39, 0.29) is 18.7 Å². The molecule has 3 aliphatic rings. The maximum absolute atomic E-state index is 13.5. The number of hydrogen-bond acceptors (Lipinski definition) is 5. The van der Waals surface area contributed by atoms with E-state index in [1.165, 1.54) is 23.5 Å². The van der Waals surface area contributed by atoms with Gasteiger partial charge in [0.2, 0.25) is 0 Å². The SMILES string of the molecule is CN1C(=O)[C@]2(Cl)C[C@@H]3C(=CCn4c(=O)n(C)c(=O)n43)[C@H](c3ccc4ccccc4c3O)[C@]2(Cl)C1=O. The van der Waals surface area contributed by atoms with Crippen LogP contribution in [0.15, 0.2) is 57.6 Å². The lowest BCUT2D eigenvalue weighted by Crippen LogP contribution is -2.59. The fourth-order valence-electron chi connectivity index (χ4n) is 5.97. The van der Waals surface area contributed by atoms with Crippen LogP contribution in [0.4, 0.5) is 0 Å². The number of phenols is 1. The highest BCUT2D eigenvalue weighted by molar-refractivity contribution is 6.53. The van der Waals surface area contributed by atoms with Crippen LogP contribution in [0.1, 0.15) is 23.9 Å². The number of imide groups is 1. The second-order valence-corrected chi connectivity index (χ2v) is 10.6. The number of hydrogen-bond donors (Lipinski definition) is 1. The molecule has 0 spiro atoms. The summed E-state index contributed by atoms with van der Waals surface area (Å²) in [5.41, 5.74) is -0.214. The monoisotopic (exact) mass is 514 g/mol. The first-order chi connectivity index (χ1) is 16.5. The minimum atomic E-state index is -1.95. The number of nitrogens with zero attached hydrogens (tertiary/aromatic N) is 4. The molecule has 9 nitrogen and oxygen atoms in total. The minimum absolute atomic E-state index is 0.0613. The quantitative estimate of drug-likeness (QED) is 0.303. The Kier molecular flexibility index (Phi) is 4.37. The zero-order chi connectivity index (χ0) is 25.0. The van der Waals surface area contributed by atoms with Crippen molar-refractivity contribution in [1.82, 2.24) is 18.8 Å². The molecule has 1 N–H and O–H groups in total. The number of allylic oxidation sites excluding steroid dienone is 2. The Balaban J connectivity index is 1.69. The molecule has 11 heteroatoms. The maximum atomic E-state index is 13.5. The molecule has 3 heterocycles. The van der Waals surface area contributed by atoms with E-state index in [1.807, 2.05) is 12.1 Å². The fourth-order valence-corrected chi connectivity index (χ4v) is 6.96. The molecule has 1 aliphatic carbocycles. The molecule has 4 atom stereocenters. The lowest BCUT2D eigenvalue weighted by atomic mass is 9.64. The maximum Gasteiger partial charge on any atom is 0.347 e. The van der Waals surface area contributed by atoms with E-state index in [0.29, 0.717) is 16.5 Å². The van der Waals surface area contributed by atoms with E-state index in [9.17, 15) is 24.3 Å². The topological polar surface area (TPSA) is 107 Å². The summed E-state index contributed by atoms with van der Waals surface area (Å²) < 4.78 is 3.54. The van der Waals surface area contributed by atoms with Gasteiger partial charge in [-0.3, -0.25) is 14.5 Å². The van der Waals surface area contributed by atoms with Gasteiger partial charge in [-0.05, 0) is 11.0 Å². The van der Waals surface area contributed by atoms with Crippen LogP contribution in [0, 0.1) is 0 Å². The summed E-state index contributed by atoms with van der Waals surface area (Å²) in [6.45, 7) is 0.0613. The highest BCUT2D eigenvalue weighted by Crippen LogP contribution is 2.64. The molecule has 180 valence electrons. The van der Waals surface area contributed by atoms with E-state index in [0.717, 1.165) is 14.9 Å². The third-order valence-corrected chi connectivity index (χ3v) is 9.13. The number of amides is 2. The van der Waals surface area contributed by atoms with Gasteiger partial charge in [-0.15, -0.1) is 23.2 Å². The van der Waals surface area contributed by atoms with Crippen LogP contribution >= 0.6 is 23.2 Å². The summed E-state index contributed by atoms with van der Waals surface area (Å²) in [5.74, 6) is -2.50. The van der Waals surface area contributed by atoms with Gasteiger partial charge in [-0.1, -0.05) is 42.5 Å². The van der Waals surface area contributed by atoms with Crippen LogP contribution < -0.4 is 11.4 Å². The van der Waals surface area contributed by atoms with Crippen LogP contribution in [0.2, 0.25) is 0 Å². The van der Waals surface area contributed by atoms with E-state index in [1.54, 1.807) is 30.3 Å². The standard InChI is InChI=1S/C24H20Cl2N4O5/c1-27-19(32)23(25)11-16-14(9-10-29-21(34)28(2)22(35)30(16)29)17(24(23,26)20(27)33)15-8-7-12-5-3-4-6-13(12)18(15)31/h3-9,16-17,31H,10-11H2,1-2H3/t16-,17-,23-,24+/m1/s1. The number of phenolic OH excluding ortho intramolecular Hbond substituents is 1. The van der Waals surface area contributed by atoms with Crippen LogP contribution in [0.3, 0.4) is 0 Å². The van der Waals surface area contributed by atoms with Gasteiger partial charge in [0, 0.05) is 37.4 Å². The Morgan fingerprint density at radius 3 is 2.43 bits per heavy atom. The van der Waals surface area contributed by atoms with Crippen molar-refractivity contribution in [2.75, 3.05) is 7.05 Å². The van der Waals surface area contributed by atoms with Crippen molar-refractivity contribution in [3.63, 3.8) is 0 Å². The number of aromatic hydroxyl groups is 1. The number of aromatic nitrogens is 3. The van der Waals surface area contributed by atoms with E-state index in [2.05, 4.69) is 0 Å². The molecule has 0 bridgehead atoms. The zero-order valence-electron chi connectivity index (χ0n) is 18.7. The predicted molar refractivity (Wildman–Crippen MR) is 129 cm³/mol. The Morgan fingerprint density at radius 2 is 1.69 bits per heavy atom. The van der Waals surface area contributed by atoms with Crippen molar-refractivity contribution in [3.05, 3.63) is 74.6 Å². The van der Waals surface area contributed by atoms with Gasteiger partial charge in [-0.2, -0.15) is 0 Å². The zero-order valence-corrected chi connectivity index (χ0v) is 20.2. The van der Waals surface area contributed by atoms with Gasteiger partial charge in [0.1, 0.15) is 5.75 Å². The Bertz CT molecular complexity index is 1630. The number of carbonyl (C=O) groups is 2. The minimum Gasteiger partial charge on any atom is -0.507 e. The molecule has 35 heavy (non-hydrogen) atoms. The molecule has 3 aromatic rings. The number of benzene rings is 2. The number of rotatable bonds is 1. The van der Waals surface area contributed by atoms with Crippen molar-refractivity contribution < 1.29 is 14.7 Å². The highest BCUT2D eigenvalue weighted by atomic mass is 35.5. The molecule has 0 unspecified atom stereocenters. The van der Waals surface area contributed by atoms with Crippen molar-refractivity contribution in [1.29, 1.82) is 0 Å². The van der Waals surface area contributed by atoms with Crippen molar-refractivity contribution >= 4 is 45.8 Å². The second kappa shape index (κ2) is 6.89. The van der Waals surface area contributed by atoms with Gasteiger partial charge in [-0.25, -0.2) is 23.5 Å². The highest BCUT2D eigenvalue weighted by Gasteiger charge is 2.75. The first-order valence-electron chi connectivity index (χ1n) is 11.0. The van der Waals surface area contributed by atoms with Gasteiger partial charge in [0.25, 0.3) is 11.8 Å². The Hall–Kier alpha value is -3.30. The van der Waals surface area contributed by atoms with Gasteiger partial charge >= 0.3 is 11.4 Å². The van der Waals surface area contributed by atoms with E-state index in [4.69, 9.17) is 23.2 Å². The largest absolute Gasteiger partial charge is 0.507 e.